The van der Waals surface area contributed by atoms with Crippen molar-refractivity contribution in [3.8, 4) is 5.75 Å². The van der Waals surface area contributed by atoms with Crippen molar-refractivity contribution in [3.05, 3.63) is 29.8 Å². The molecule has 1 saturated heterocycles. The fourth-order valence-electron chi connectivity index (χ4n) is 2.56. The Morgan fingerprint density at radius 3 is 2.55 bits per heavy atom. The van der Waals surface area contributed by atoms with Gasteiger partial charge in [-0.05, 0) is 30.0 Å². The van der Waals surface area contributed by atoms with E-state index in [1.165, 1.54) is 5.56 Å². The van der Waals surface area contributed by atoms with Gasteiger partial charge in [0.1, 0.15) is 12.4 Å². The Bertz CT molecular complexity index is 408. The van der Waals surface area contributed by atoms with Crippen LogP contribution in [0.5, 0.6) is 5.75 Å². The van der Waals surface area contributed by atoms with Crippen LogP contribution in [0.25, 0.3) is 0 Å². The highest BCUT2D eigenvalue weighted by Crippen LogP contribution is 2.24. The average Bonchev–Trinajstić information content (AvgIpc) is 2.38. The van der Waals surface area contributed by atoms with E-state index in [1.54, 1.807) is 0 Å². The van der Waals surface area contributed by atoms with E-state index in [-0.39, 0.29) is 5.41 Å². The maximum absolute atomic E-state index is 5.85. The van der Waals surface area contributed by atoms with Crippen LogP contribution in [0.4, 0.5) is 0 Å². The molecular formula is C17H28N2O. The monoisotopic (exact) mass is 276 g/mol. The van der Waals surface area contributed by atoms with Gasteiger partial charge < -0.3 is 10.1 Å². The molecule has 0 amide bonds. The minimum absolute atomic E-state index is 0.204. The lowest BCUT2D eigenvalue weighted by molar-refractivity contribution is 0.170. The third-order valence-electron chi connectivity index (χ3n) is 3.85. The van der Waals surface area contributed by atoms with Crippen LogP contribution in [0.2, 0.25) is 0 Å². The topological polar surface area (TPSA) is 24.5 Å². The molecule has 0 radical (unpaired) electrons. The van der Waals surface area contributed by atoms with Crippen LogP contribution in [0.15, 0.2) is 24.3 Å². The number of rotatable bonds is 4. The lowest BCUT2D eigenvalue weighted by Gasteiger charge is -2.31. The Kier molecular flexibility index (Phi) is 5.06. The van der Waals surface area contributed by atoms with E-state index >= 15 is 0 Å². The molecule has 1 atom stereocenters. The molecule has 20 heavy (non-hydrogen) atoms. The molecule has 0 aromatic heterocycles. The molecule has 2 rings (SSSR count). The Morgan fingerprint density at radius 1 is 1.25 bits per heavy atom. The lowest BCUT2D eigenvalue weighted by atomic mass is 9.87. The predicted molar refractivity (Wildman–Crippen MR) is 84.5 cm³/mol. The van der Waals surface area contributed by atoms with Crippen LogP contribution in [0, 0.1) is 0 Å². The number of hydrogen-bond donors (Lipinski definition) is 1. The average molecular weight is 276 g/mol. The summed E-state index contributed by atoms with van der Waals surface area (Å²) in [5, 5.41) is 3.46. The summed E-state index contributed by atoms with van der Waals surface area (Å²) in [5.74, 6) is 0.973. The fourth-order valence-corrected chi connectivity index (χ4v) is 2.56. The summed E-state index contributed by atoms with van der Waals surface area (Å²) in [7, 11) is 0. The van der Waals surface area contributed by atoms with Gasteiger partial charge in [0.25, 0.3) is 0 Å². The van der Waals surface area contributed by atoms with Crippen molar-refractivity contribution >= 4 is 0 Å². The van der Waals surface area contributed by atoms with Gasteiger partial charge in [0.15, 0.2) is 0 Å². The second-order valence-electron chi connectivity index (χ2n) is 6.78. The van der Waals surface area contributed by atoms with Gasteiger partial charge in [-0.1, -0.05) is 32.9 Å². The van der Waals surface area contributed by atoms with Crippen LogP contribution >= 0.6 is 0 Å². The molecule has 3 heteroatoms. The first-order valence-electron chi connectivity index (χ1n) is 7.64. The van der Waals surface area contributed by atoms with Gasteiger partial charge in [0.05, 0.1) is 0 Å². The van der Waals surface area contributed by atoms with E-state index in [9.17, 15) is 0 Å². The van der Waals surface area contributed by atoms with Crippen LogP contribution in [0.3, 0.4) is 0 Å². The molecule has 1 aromatic carbocycles. The van der Waals surface area contributed by atoms with Gasteiger partial charge in [-0.25, -0.2) is 0 Å². The smallest absolute Gasteiger partial charge is 0.119 e. The number of nitrogens with zero attached hydrogens (tertiary/aromatic N) is 1. The summed E-state index contributed by atoms with van der Waals surface area (Å²) in [4.78, 5) is 2.46. The fraction of sp³-hybridized carbons (Fsp3) is 0.647. The third kappa shape index (κ3) is 4.50. The van der Waals surface area contributed by atoms with Crippen molar-refractivity contribution in [2.24, 2.45) is 0 Å². The zero-order chi connectivity index (χ0) is 14.6. The predicted octanol–water partition coefficient (Wildman–Crippen LogP) is 2.66. The summed E-state index contributed by atoms with van der Waals surface area (Å²) in [6, 6.07) is 9.10. The van der Waals surface area contributed by atoms with Gasteiger partial charge in [-0.3, -0.25) is 4.90 Å². The van der Waals surface area contributed by atoms with E-state index < -0.39 is 0 Å². The second kappa shape index (κ2) is 6.59. The summed E-state index contributed by atoms with van der Waals surface area (Å²) in [6.07, 6.45) is 0. The van der Waals surface area contributed by atoms with Crippen molar-refractivity contribution in [1.29, 1.82) is 0 Å². The molecule has 0 saturated carbocycles. The number of ether oxygens (including phenoxy) is 1. The Labute approximate surface area is 123 Å². The van der Waals surface area contributed by atoms with E-state index in [1.807, 2.05) is 0 Å². The molecular weight excluding hydrogens is 248 g/mol. The molecule has 0 unspecified atom stereocenters. The molecule has 1 N–H and O–H groups in total. The molecule has 1 aliphatic rings. The molecule has 1 heterocycles. The Hall–Kier alpha value is -1.06. The molecule has 3 nitrogen and oxygen atoms in total. The molecule has 0 aliphatic carbocycles. The summed E-state index contributed by atoms with van der Waals surface area (Å²) in [6.45, 7) is 14.0. The van der Waals surface area contributed by atoms with Crippen molar-refractivity contribution in [2.75, 3.05) is 32.8 Å². The quantitative estimate of drug-likeness (QED) is 0.915. The van der Waals surface area contributed by atoms with Crippen molar-refractivity contribution in [1.82, 2.24) is 10.2 Å². The summed E-state index contributed by atoms with van der Waals surface area (Å²) in [5.41, 5.74) is 1.55. The normalized spacial score (nSPS) is 20.9. The van der Waals surface area contributed by atoms with E-state index in [2.05, 4.69) is 62.2 Å². The first-order valence-corrected chi connectivity index (χ1v) is 7.64. The highest BCUT2D eigenvalue weighted by atomic mass is 16.5. The van der Waals surface area contributed by atoms with Gasteiger partial charge in [-0.2, -0.15) is 0 Å². The van der Waals surface area contributed by atoms with Gasteiger partial charge in [0, 0.05) is 32.2 Å². The number of benzene rings is 1. The number of piperazine rings is 1. The van der Waals surface area contributed by atoms with Crippen molar-refractivity contribution < 1.29 is 4.74 Å². The SMILES string of the molecule is C[C@@H]1CN(CCOc2ccc(C(C)(C)C)cc2)CCN1. The Morgan fingerprint density at radius 2 is 1.95 bits per heavy atom. The molecule has 1 aliphatic heterocycles. The van der Waals surface area contributed by atoms with Crippen LogP contribution in [0.1, 0.15) is 33.3 Å². The van der Waals surface area contributed by atoms with Crippen molar-refractivity contribution in [3.63, 3.8) is 0 Å². The molecule has 0 bridgehead atoms. The van der Waals surface area contributed by atoms with E-state index in [4.69, 9.17) is 4.74 Å². The van der Waals surface area contributed by atoms with Gasteiger partial charge in [0.2, 0.25) is 0 Å². The highest BCUT2D eigenvalue weighted by molar-refractivity contribution is 5.31. The van der Waals surface area contributed by atoms with E-state index in [0.717, 1.165) is 38.5 Å². The van der Waals surface area contributed by atoms with Gasteiger partial charge in [-0.15, -0.1) is 0 Å². The van der Waals surface area contributed by atoms with Crippen LogP contribution in [-0.4, -0.2) is 43.7 Å². The lowest BCUT2D eigenvalue weighted by Crippen LogP contribution is -2.50. The van der Waals surface area contributed by atoms with Crippen LogP contribution < -0.4 is 10.1 Å². The maximum Gasteiger partial charge on any atom is 0.119 e. The summed E-state index contributed by atoms with van der Waals surface area (Å²) < 4.78 is 5.85. The standard InChI is InChI=1S/C17H28N2O/c1-14-13-19(10-9-18-14)11-12-20-16-7-5-15(6-8-16)17(2,3)4/h5-8,14,18H,9-13H2,1-4H3/t14-/m1/s1. The van der Waals surface area contributed by atoms with E-state index in [0.29, 0.717) is 6.04 Å². The maximum atomic E-state index is 5.85. The second-order valence-corrected chi connectivity index (χ2v) is 6.78. The zero-order valence-corrected chi connectivity index (χ0v) is 13.3. The van der Waals surface area contributed by atoms with Crippen LogP contribution in [-0.2, 0) is 5.41 Å². The molecule has 1 fully saturated rings. The first-order chi connectivity index (χ1) is 9.45. The minimum atomic E-state index is 0.204. The highest BCUT2D eigenvalue weighted by Gasteiger charge is 2.15. The molecule has 112 valence electrons. The number of nitrogens with one attached hydrogen (secondary N) is 1. The first kappa shape index (κ1) is 15.3. The largest absolute Gasteiger partial charge is 0.492 e. The van der Waals surface area contributed by atoms with Crippen molar-refractivity contribution in [2.45, 2.75) is 39.2 Å². The molecule has 0 spiro atoms. The zero-order valence-electron chi connectivity index (χ0n) is 13.3. The third-order valence-corrected chi connectivity index (χ3v) is 3.85. The minimum Gasteiger partial charge on any atom is -0.492 e. The molecule has 1 aromatic rings. The number of hydrogen-bond acceptors (Lipinski definition) is 3. The van der Waals surface area contributed by atoms with Gasteiger partial charge >= 0.3 is 0 Å². The summed E-state index contributed by atoms with van der Waals surface area (Å²) >= 11 is 0. The Balaban J connectivity index is 1.77.